The summed E-state index contributed by atoms with van der Waals surface area (Å²) in [7, 11) is 0. The molecule has 0 fully saturated rings. The number of alkyl halides is 1. The molecule has 0 atom stereocenters. The topological polar surface area (TPSA) is 83.1 Å². The summed E-state index contributed by atoms with van der Waals surface area (Å²) in [5.74, 6) is 2.39. The summed E-state index contributed by atoms with van der Waals surface area (Å²) < 4.78 is 59.2. The summed E-state index contributed by atoms with van der Waals surface area (Å²) in [5.41, 5.74) is 0. The van der Waals surface area contributed by atoms with Crippen LogP contribution < -0.4 is 0 Å². The molecule has 0 aromatic heterocycles. The Bertz CT molecular complexity index is 369. The van der Waals surface area contributed by atoms with Gasteiger partial charge >= 0.3 is 0 Å². The lowest BCUT2D eigenvalue weighted by molar-refractivity contribution is -0.0247. The maximum atomic E-state index is 11.8. The molecule has 9 nitrogen and oxygen atoms in total. The Morgan fingerprint density at radius 3 is 0.839 bits per heavy atom. The number of rotatable bonds is 27. The van der Waals surface area contributed by atoms with Crippen LogP contribution in [0.25, 0.3) is 0 Å². The van der Waals surface area contributed by atoms with E-state index in [1.54, 1.807) is 0 Å². The van der Waals surface area contributed by atoms with Crippen molar-refractivity contribution in [3.05, 3.63) is 0 Å². The van der Waals surface area contributed by atoms with Crippen LogP contribution in [0.15, 0.2) is 0 Å². The fourth-order valence-corrected chi connectivity index (χ4v) is 1.94. The molecule has 0 aliphatic carbocycles. The molecule has 0 aliphatic heterocycles. The summed E-state index contributed by atoms with van der Waals surface area (Å²) in [6, 6.07) is 0. The highest BCUT2D eigenvalue weighted by Crippen LogP contribution is 1.86. The Hall–Kier alpha value is -0.870. The van der Waals surface area contributed by atoms with E-state index in [1.165, 1.54) is 0 Å². The molecule has 0 heterocycles. The van der Waals surface area contributed by atoms with Crippen molar-refractivity contribution in [1.82, 2.24) is 0 Å². The van der Waals surface area contributed by atoms with E-state index in [2.05, 4.69) is 5.92 Å². The van der Waals surface area contributed by atoms with E-state index in [1.807, 2.05) is 0 Å². The maximum absolute atomic E-state index is 11.8. The van der Waals surface area contributed by atoms with Crippen molar-refractivity contribution in [3.8, 4) is 12.3 Å². The number of terminal acetylenes is 1. The van der Waals surface area contributed by atoms with Crippen molar-refractivity contribution in [2.45, 2.75) is 0 Å². The van der Waals surface area contributed by atoms with Gasteiger partial charge in [-0.3, -0.25) is 0 Å². The summed E-state index contributed by atoms with van der Waals surface area (Å²) >= 11 is 0. The molecule has 31 heavy (non-hydrogen) atoms. The first kappa shape index (κ1) is 30.1. The average Bonchev–Trinajstić information content (AvgIpc) is 2.78. The van der Waals surface area contributed by atoms with E-state index in [4.69, 9.17) is 49.1 Å². The molecule has 0 saturated carbocycles. The number of halogens is 1. The Labute approximate surface area is 185 Å². The van der Waals surface area contributed by atoms with Gasteiger partial charge in [-0.1, -0.05) is 5.92 Å². The second kappa shape index (κ2) is 29.1. The van der Waals surface area contributed by atoms with Crippen LogP contribution in [0.4, 0.5) is 4.39 Å². The number of hydrogen-bond donors (Lipinski definition) is 0. The molecule has 10 heteroatoms. The van der Waals surface area contributed by atoms with Gasteiger partial charge in [0.2, 0.25) is 0 Å². The molecule has 0 amide bonds. The van der Waals surface area contributed by atoms with Crippen molar-refractivity contribution in [1.29, 1.82) is 0 Å². The van der Waals surface area contributed by atoms with Crippen molar-refractivity contribution in [3.63, 3.8) is 0 Å². The highest BCUT2D eigenvalue weighted by molar-refractivity contribution is 4.82. The monoisotopic (exact) mass is 454 g/mol. The molecule has 0 rings (SSSR count). The van der Waals surface area contributed by atoms with Crippen molar-refractivity contribution in [2.75, 3.05) is 126 Å². The number of hydrogen-bond acceptors (Lipinski definition) is 9. The summed E-state index contributed by atoms with van der Waals surface area (Å²) in [6.45, 7) is 7.81. The Morgan fingerprint density at radius 2 is 0.613 bits per heavy atom. The van der Waals surface area contributed by atoms with Crippen LogP contribution in [0, 0.1) is 12.3 Å². The molecule has 0 bridgehead atoms. The van der Waals surface area contributed by atoms with Gasteiger partial charge in [0.15, 0.2) is 0 Å². The molecule has 0 aliphatic rings. The van der Waals surface area contributed by atoms with Gasteiger partial charge in [-0.15, -0.1) is 6.42 Å². The van der Waals surface area contributed by atoms with Gasteiger partial charge in [0.1, 0.15) is 13.3 Å². The van der Waals surface area contributed by atoms with Crippen LogP contribution in [-0.4, -0.2) is 126 Å². The first-order valence-corrected chi connectivity index (χ1v) is 10.6. The van der Waals surface area contributed by atoms with Crippen LogP contribution in [0.2, 0.25) is 0 Å². The second-order valence-electron chi connectivity index (χ2n) is 5.84. The highest BCUT2D eigenvalue weighted by atomic mass is 19.1. The Balaban J connectivity index is 2.99. The molecule has 0 unspecified atom stereocenters. The first-order chi connectivity index (χ1) is 15.4. The fourth-order valence-electron chi connectivity index (χ4n) is 1.94. The Kier molecular flexibility index (Phi) is 28.3. The van der Waals surface area contributed by atoms with Crippen molar-refractivity contribution >= 4 is 0 Å². The van der Waals surface area contributed by atoms with E-state index in [0.29, 0.717) is 112 Å². The zero-order valence-corrected chi connectivity index (χ0v) is 18.6. The van der Waals surface area contributed by atoms with Gasteiger partial charge in [0.25, 0.3) is 0 Å². The summed E-state index contributed by atoms with van der Waals surface area (Å²) in [5, 5.41) is 0. The number of ether oxygens (including phenoxy) is 9. The molecule has 0 saturated heterocycles. The van der Waals surface area contributed by atoms with E-state index in [0.717, 1.165) is 0 Å². The van der Waals surface area contributed by atoms with Gasteiger partial charge in [-0.25, -0.2) is 4.39 Å². The van der Waals surface area contributed by atoms with Crippen molar-refractivity contribution < 1.29 is 47.0 Å². The lowest BCUT2D eigenvalue weighted by Gasteiger charge is -2.08. The predicted octanol–water partition coefficient (Wildman–Crippen LogP) is 0.739. The van der Waals surface area contributed by atoms with E-state index < -0.39 is 6.67 Å². The molecule has 0 aromatic rings. The lowest BCUT2D eigenvalue weighted by atomic mass is 10.6. The largest absolute Gasteiger partial charge is 0.377 e. The minimum Gasteiger partial charge on any atom is -0.377 e. The van der Waals surface area contributed by atoms with E-state index >= 15 is 0 Å². The van der Waals surface area contributed by atoms with Gasteiger partial charge in [0, 0.05) is 0 Å². The molecular weight excluding hydrogens is 415 g/mol. The van der Waals surface area contributed by atoms with E-state index in [9.17, 15) is 4.39 Å². The quantitative estimate of drug-likeness (QED) is 0.132. The molecular formula is C21H39FO9. The summed E-state index contributed by atoms with van der Waals surface area (Å²) in [6.07, 6.45) is 5.06. The first-order valence-electron chi connectivity index (χ1n) is 10.6. The molecule has 0 spiro atoms. The van der Waals surface area contributed by atoms with Crippen LogP contribution >= 0.6 is 0 Å². The zero-order valence-electron chi connectivity index (χ0n) is 18.6. The van der Waals surface area contributed by atoms with Crippen LogP contribution in [-0.2, 0) is 42.6 Å². The van der Waals surface area contributed by atoms with Gasteiger partial charge in [-0.05, 0) is 0 Å². The molecule has 184 valence electrons. The molecule has 0 radical (unpaired) electrons. The molecule has 0 N–H and O–H groups in total. The van der Waals surface area contributed by atoms with Crippen LogP contribution in [0.5, 0.6) is 0 Å². The van der Waals surface area contributed by atoms with Gasteiger partial charge < -0.3 is 42.6 Å². The van der Waals surface area contributed by atoms with Crippen LogP contribution in [0.1, 0.15) is 0 Å². The zero-order chi connectivity index (χ0) is 22.5. The third kappa shape index (κ3) is 29.1. The highest BCUT2D eigenvalue weighted by Gasteiger charge is 1.95. The molecule has 0 aromatic carbocycles. The van der Waals surface area contributed by atoms with Crippen LogP contribution in [0.3, 0.4) is 0 Å². The van der Waals surface area contributed by atoms with Crippen molar-refractivity contribution in [2.24, 2.45) is 0 Å². The third-order valence-electron chi connectivity index (χ3n) is 3.38. The van der Waals surface area contributed by atoms with Gasteiger partial charge in [0.05, 0.1) is 112 Å². The SMILES string of the molecule is C#CCOCCOCCOCCOCCOCCOCCOCCOCCOCCF. The van der Waals surface area contributed by atoms with E-state index in [-0.39, 0.29) is 6.61 Å². The standard InChI is InChI=1S/C21H39FO9/c1-2-4-23-6-8-25-10-12-27-14-16-29-18-20-31-21-19-30-17-15-28-13-11-26-9-7-24-5-3-22/h1H,3-21H2. The average molecular weight is 455 g/mol. The lowest BCUT2D eigenvalue weighted by Crippen LogP contribution is -2.15. The maximum Gasteiger partial charge on any atom is 0.113 e. The minimum absolute atomic E-state index is 0.117. The summed E-state index contributed by atoms with van der Waals surface area (Å²) in [4.78, 5) is 0. The predicted molar refractivity (Wildman–Crippen MR) is 112 cm³/mol. The Morgan fingerprint density at radius 1 is 0.387 bits per heavy atom. The third-order valence-corrected chi connectivity index (χ3v) is 3.38. The normalized spacial score (nSPS) is 11.1. The second-order valence-corrected chi connectivity index (χ2v) is 5.84. The minimum atomic E-state index is -0.471. The smallest absolute Gasteiger partial charge is 0.113 e. The van der Waals surface area contributed by atoms with Gasteiger partial charge in [-0.2, -0.15) is 0 Å². The fraction of sp³-hybridized carbons (Fsp3) is 0.905.